The fraction of sp³-hybridized carbons (Fsp3) is 0.333. The normalized spacial score (nSPS) is 11.0. The van der Waals surface area contributed by atoms with Crippen LogP contribution in [0.25, 0.3) is 11.2 Å². The van der Waals surface area contributed by atoms with E-state index in [1.165, 1.54) is 22.5 Å². The number of aryl methyl sites for hydroxylation is 1. The summed E-state index contributed by atoms with van der Waals surface area (Å²) in [5.74, 6) is -0.129. The Morgan fingerprint density at radius 2 is 1.81 bits per heavy atom. The first-order valence-corrected chi connectivity index (χ1v) is 8.29. The number of nitrogens with zero attached hydrogens (tertiary/aromatic N) is 5. The van der Waals surface area contributed by atoms with Gasteiger partial charge in [0, 0.05) is 27.7 Å². The number of carbonyl (C=O) groups is 1. The zero-order chi connectivity index (χ0) is 18.8. The molecule has 3 aromatic rings. The van der Waals surface area contributed by atoms with Crippen LogP contribution in [0.4, 0.5) is 0 Å². The topological polar surface area (TPSA) is 82.1 Å². The largest absolute Gasteiger partial charge is 0.344 e. The van der Waals surface area contributed by atoms with Gasteiger partial charge in [-0.2, -0.15) is 0 Å². The molecule has 1 amide bonds. The Labute approximate surface area is 149 Å². The molecule has 0 atom stereocenters. The van der Waals surface area contributed by atoms with E-state index >= 15 is 0 Å². The van der Waals surface area contributed by atoms with Crippen molar-refractivity contribution in [3.8, 4) is 0 Å². The molecule has 0 saturated heterocycles. The van der Waals surface area contributed by atoms with Crippen molar-refractivity contribution in [2.24, 2.45) is 14.1 Å². The zero-order valence-electron chi connectivity index (χ0n) is 15.0. The van der Waals surface area contributed by atoms with E-state index in [1.807, 2.05) is 30.3 Å². The molecule has 3 rings (SSSR count). The van der Waals surface area contributed by atoms with Crippen LogP contribution in [0.5, 0.6) is 0 Å². The van der Waals surface area contributed by atoms with E-state index in [1.54, 1.807) is 19.0 Å². The molecule has 0 radical (unpaired) electrons. The summed E-state index contributed by atoms with van der Waals surface area (Å²) in [6.45, 7) is 0.571. The molecule has 0 fully saturated rings. The van der Waals surface area contributed by atoms with Crippen LogP contribution >= 0.6 is 0 Å². The Kier molecular flexibility index (Phi) is 4.75. The molecule has 0 saturated carbocycles. The lowest BCUT2D eigenvalue weighted by Crippen LogP contribution is -2.38. The molecule has 26 heavy (non-hydrogen) atoms. The molecular formula is C18H21N5O3. The van der Waals surface area contributed by atoms with Crippen molar-refractivity contribution in [2.75, 3.05) is 13.6 Å². The number of imidazole rings is 1. The average Bonchev–Trinajstić information content (AvgIpc) is 3.07. The van der Waals surface area contributed by atoms with E-state index in [4.69, 9.17) is 0 Å². The molecule has 1 aromatic carbocycles. The molecule has 2 heterocycles. The van der Waals surface area contributed by atoms with Gasteiger partial charge in [0.05, 0.1) is 6.33 Å². The maximum atomic E-state index is 12.5. The summed E-state index contributed by atoms with van der Waals surface area (Å²) in [6.07, 6.45) is 2.18. The molecule has 0 bridgehead atoms. The van der Waals surface area contributed by atoms with E-state index in [9.17, 15) is 14.4 Å². The summed E-state index contributed by atoms with van der Waals surface area (Å²) in [7, 11) is 4.70. The Balaban J connectivity index is 1.79. The van der Waals surface area contributed by atoms with Crippen LogP contribution in [0.2, 0.25) is 0 Å². The second kappa shape index (κ2) is 6.99. The minimum atomic E-state index is -0.458. The molecule has 0 N–H and O–H groups in total. The van der Waals surface area contributed by atoms with Crippen molar-refractivity contribution in [3.63, 3.8) is 0 Å². The first-order chi connectivity index (χ1) is 12.4. The van der Waals surface area contributed by atoms with E-state index in [0.717, 1.165) is 16.6 Å². The number of rotatable bonds is 5. The first kappa shape index (κ1) is 17.7. The maximum absolute atomic E-state index is 12.5. The molecule has 136 valence electrons. The van der Waals surface area contributed by atoms with Gasteiger partial charge in [-0.15, -0.1) is 0 Å². The van der Waals surface area contributed by atoms with Crippen molar-refractivity contribution in [2.45, 2.75) is 13.0 Å². The monoisotopic (exact) mass is 355 g/mol. The van der Waals surface area contributed by atoms with E-state index in [0.29, 0.717) is 6.54 Å². The van der Waals surface area contributed by atoms with Crippen LogP contribution in [-0.2, 0) is 31.9 Å². The number of benzene rings is 1. The summed E-state index contributed by atoms with van der Waals surface area (Å²) < 4.78 is 3.82. The minimum absolute atomic E-state index is 0.00473. The lowest BCUT2D eigenvalue weighted by molar-refractivity contribution is -0.130. The Morgan fingerprint density at radius 3 is 2.50 bits per heavy atom. The Bertz CT molecular complexity index is 1060. The molecular weight excluding hydrogens is 334 g/mol. The van der Waals surface area contributed by atoms with E-state index in [2.05, 4.69) is 4.98 Å². The lowest BCUT2D eigenvalue weighted by Gasteiger charge is -2.17. The van der Waals surface area contributed by atoms with Crippen molar-refractivity contribution in [3.05, 3.63) is 63.1 Å². The van der Waals surface area contributed by atoms with Gasteiger partial charge in [-0.1, -0.05) is 30.3 Å². The summed E-state index contributed by atoms with van der Waals surface area (Å²) in [5, 5.41) is 0. The van der Waals surface area contributed by atoms with E-state index < -0.39 is 11.2 Å². The molecule has 2 aromatic heterocycles. The molecule has 0 aliphatic rings. The third-order valence-electron chi connectivity index (χ3n) is 4.53. The van der Waals surface area contributed by atoms with Gasteiger partial charge in [-0.05, 0) is 12.0 Å². The maximum Gasteiger partial charge on any atom is 0.332 e. The van der Waals surface area contributed by atoms with Crippen LogP contribution in [0, 0.1) is 0 Å². The third kappa shape index (κ3) is 3.17. The molecule has 0 aliphatic carbocycles. The fourth-order valence-corrected chi connectivity index (χ4v) is 2.85. The van der Waals surface area contributed by atoms with Crippen molar-refractivity contribution < 1.29 is 4.79 Å². The Morgan fingerprint density at radius 1 is 1.12 bits per heavy atom. The number of aromatic nitrogens is 4. The fourth-order valence-electron chi connectivity index (χ4n) is 2.85. The number of carbonyl (C=O) groups excluding carboxylic acids is 1. The smallest absolute Gasteiger partial charge is 0.332 e. The number of likely N-dealkylation sites (N-methyl/N-ethyl adjacent to an activating group) is 1. The summed E-state index contributed by atoms with van der Waals surface area (Å²) in [6, 6.07) is 9.93. The SMILES string of the molecule is CN(CCc1ccccc1)C(=O)Cn1cnc2c1c(=O)n(C)c(=O)n2C. The van der Waals surface area contributed by atoms with Crippen LogP contribution in [-0.4, -0.2) is 43.1 Å². The lowest BCUT2D eigenvalue weighted by atomic mass is 10.1. The number of amides is 1. The number of hydrogen-bond acceptors (Lipinski definition) is 4. The van der Waals surface area contributed by atoms with Crippen LogP contribution < -0.4 is 11.2 Å². The highest BCUT2D eigenvalue weighted by atomic mass is 16.2. The Hall–Kier alpha value is -3.16. The summed E-state index contributed by atoms with van der Waals surface area (Å²) in [4.78, 5) is 42.7. The van der Waals surface area contributed by atoms with Gasteiger partial charge in [0.15, 0.2) is 11.2 Å². The highest BCUT2D eigenvalue weighted by Gasteiger charge is 2.17. The van der Waals surface area contributed by atoms with E-state index in [-0.39, 0.29) is 23.6 Å². The van der Waals surface area contributed by atoms with Gasteiger partial charge in [-0.25, -0.2) is 9.78 Å². The average molecular weight is 355 g/mol. The standard InChI is InChI=1S/C18H21N5O3/c1-20(10-9-13-7-5-4-6-8-13)14(24)11-23-12-19-16-15(23)17(25)22(3)18(26)21(16)2/h4-8,12H,9-11H2,1-3H3. The quantitative estimate of drug-likeness (QED) is 0.652. The molecule has 0 spiro atoms. The van der Waals surface area contributed by atoms with Gasteiger partial charge in [-0.3, -0.25) is 18.7 Å². The van der Waals surface area contributed by atoms with Crippen LogP contribution in [0.3, 0.4) is 0 Å². The van der Waals surface area contributed by atoms with Gasteiger partial charge < -0.3 is 9.47 Å². The highest BCUT2D eigenvalue weighted by Crippen LogP contribution is 2.07. The van der Waals surface area contributed by atoms with Crippen molar-refractivity contribution >= 4 is 17.1 Å². The van der Waals surface area contributed by atoms with Crippen molar-refractivity contribution in [1.82, 2.24) is 23.6 Å². The highest BCUT2D eigenvalue weighted by molar-refractivity contribution is 5.78. The predicted molar refractivity (Wildman–Crippen MR) is 98.0 cm³/mol. The van der Waals surface area contributed by atoms with Gasteiger partial charge in [0.1, 0.15) is 6.54 Å². The second-order valence-corrected chi connectivity index (χ2v) is 6.30. The van der Waals surface area contributed by atoms with Crippen molar-refractivity contribution in [1.29, 1.82) is 0 Å². The summed E-state index contributed by atoms with van der Waals surface area (Å²) >= 11 is 0. The molecule has 8 heteroatoms. The minimum Gasteiger partial charge on any atom is -0.344 e. The third-order valence-corrected chi connectivity index (χ3v) is 4.53. The van der Waals surface area contributed by atoms with Crippen LogP contribution in [0.1, 0.15) is 5.56 Å². The van der Waals surface area contributed by atoms with Gasteiger partial charge in [0.25, 0.3) is 5.56 Å². The molecule has 0 unspecified atom stereocenters. The summed E-state index contributed by atoms with van der Waals surface area (Å²) in [5.41, 5.74) is 0.778. The predicted octanol–water partition coefficient (Wildman–Crippen LogP) is 0.135. The molecule has 8 nitrogen and oxygen atoms in total. The first-order valence-electron chi connectivity index (χ1n) is 8.29. The van der Waals surface area contributed by atoms with Gasteiger partial charge in [0.2, 0.25) is 5.91 Å². The number of hydrogen-bond donors (Lipinski definition) is 0. The number of fused-ring (bicyclic) bond motifs is 1. The van der Waals surface area contributed by atoms with Gasteiger partial charge >= 0.3 is 5.69 Å². The second-order valence-electron chi connectivity index (χ2n) is 6.30. The zero-order valence-corrected chi connectivity index (χ0v) is 15.0. The molecule has 0 aliphatic heterocycles. The van der Waals surface area contributed by atoms with Crippen LogP contribution in [0.15, 0.2) is 46.2 Å².